The number of aromatic nitrogens is 1. The fraction of sp³-hybridized carbons (Fsp3) is 0.491. The van der Waals surface area contributed by atoms with Crippen molar-refractivity contribution in [2.45, 2.75) is 99.8 Å². The molecule has 2 aromatic heterocycles. The van der Waals surface area contributed by atoms with Gasteiger partial charge in [0.2, 0.25) is 0 Å². The number of aliphatic hydroxyl groups excluding tert-OH is 2. The summed E-state index contributed by atoms with van der Waals surface area (Å²) in [6, 6.07) is 14.8. The quantitative estimate of drug-likeness (QED) is 0.0791. The number of aliphatic carboxylic acids is 2. The third-order valence-electron chi connectivity index (χ3n) is 16.4. The zero-order chi connectivity index (χ0) is 51.7. The molecule has 72 heavy (non-hydrogen) atoms. The second-order valence-corrected chi connectivity index (χ2v) is 20.1. The van der Waals surface area contributed by atoms with E-state index in [1.165, 1.54) is 25.9 Å². The molecule has 5 aliphatic heterocycles. The average Bonchev–Trinajstić information content (AvgIpc) is 4.18. The maximum atomic E-state index is 15.3. The predicted octanol–water partition coefficient (Wildman–Crippen LogP) is 3.48. The van der Waals surface area contributed by atoms with E-state index in [-0.39, 0.29) is 30.2 Å². The minimum absolute atomic E-state index is 0.0316. The number of esters is 2. The number of methoxy groups -OCH3 is 2. The highest BCUT2D eigenvalue weighted by Gasteiger charge is 2.78. The van der Waals surface area contributed by atoms with Crippen molar-refractivity contribution in [1.29, 1.82) is 0 Å². The van der Waals surface area contributed by atoms with Crippen molar-refractivity contribution in [2.75, 3.05) is 58.9 Å². The minimum atomic E-state index is -2.27. The molecule has 19 heteroatoms. The van der Waals surface area contributed by atoms with Crippen LogP contribution in [0.3, 0.4) is 0 Å². The van der Waals surface area contributed by atoms with Crippen LogP contribution in [0.5, 0.6) is 5.75 Å². The van der Waals surface area contributed by atoms with Crippen LogP contribution in [0.15, 0.2) is 83.0 Å². The van der Waals surface area contributed by atoms with Gasteiger partial charge in [0.15, 0.2) is 18.0 Å². The van der Waals surface area contributed by atoms with Gasteiger partial charge < -0.3 is 59.4 Å². The second-order valence-electron chi connectivity index (χ2n) is 20.1. The highest BCUT2D eigenvalue weighted by molar-refractivity contribution is 5.95. The molecule has 1 saturated heterocycles. The number of likely N-dealkylation sites (N-methyl/N-ethyl adjacent to an activating group) is 1. The lowest BCUT2D eigenvalue weighted by Gasteiger charge is -2.64. The Morgan fingerprint density at radius 3 is 2.35 bits per heavy atom. The van der Waals surface area contributed by atoms with E-state index in [0.29, 0.717) is 43.7 Å². The highest BCUT2D eigenvalue weighted by Crippen LogP contribution is 2.68. The summed E-state index contributed by atoms with van der Waals surface area (Å²) in [5.41, 5.74) is 1.92. The fourth-order valence-electron chi connectivity index (χ4n) is 13.8. The Bertz CT molecular complexity index is 2840. The number of amides is 1. The van der Waals surface area contributed by atoms with Gasteiger partial charge in [-0.2, -0.15) is 0 Å². The van der Waals surface area contributed by atoms with E-state index in [2.05, 4.69) is 75.3 Å². The van der Waals surface area contributed by atoms with Crippen LogP contribution in [-0.4, -0.2) is 160 Å². The van der Waals surface area contributed by atoms with Gasteiger partial charge in [0.1, 0.15) is 22.9 Å². The van der Waals surface area contributed by atoms with Crippen LogP contribution in [0.25, 0.3) is 10.9 Å². The van der Waals surface area contributed by atoms with E-state index in [1.54, 1.807) is 19.2 Å². The minimum Gasteiger partial charge on any atom is -0.496 e. The van der Waals surface area contributed by atoms with Crippen molar-refractivity contribution in [3.8, 4) is 5.75 Å². The molecule has 2 fully saturated rings. The molecule has 19 nitrogen and oxygen atoms in total. The zero-order valence-electron chi connectivity index (χ0n) is 41.2. The molecular weight excluding hydrogens is 931 g/mol. The Kier molecular flexibility index (Phi) is 13.2. The largest absolute Gasteiger partial charge is 0.496 e. The van der Waals surface area contributed by atoms with E-state index in [9.17, 15) is 24.3 Å². The summed E-state index contributed by atoms with van der Waals surface area (Å²) in [4.78, 5) is 72.6. The maximum Gasteiger partial charge on any atom is 0.335 e. The number of nitrogens with one attached hydrogen (secondary N) is 2. The number of carboxylic acids is 2. The molecule has 6 aliphatic rings. The number of anilines is 1. The lowest BCUT2D eigenvalue weighted by atomic mass is 9.47. The first-order valence-corrected chi connectivity index (χ1v) is 24.4. The number of carbonyl (C=O) groups excluding carboxylic acids is 3. The van der Waals surface area contributed by atoms with Crippen LogP contribution < -0.4 is 15.0 Å². The van der Waals surface area contributed by atoms with Gasteiger partial charge >= 0.3 is 23.9 Å². The number of rotatable bonds is 12. The highest BCUT2D eigenvalue weighted by atomic mass is 16.6. The molecular formula is C53H63N5O14. The third-order valence-corrected chi connectivity index (χ3v) is 16.4. The number of carboxylic acid groups (broad SMARTS) is 2. The number of nitrogens with zero attached hydrogens (tertiary/aromatic N) is 3. The summed E-state index contributed by atoms with van der Waals surface area (Å²) in [7, 11) is 5.09. The number of hydrogen-bond acceptors (Lipinski definition) is 15. The van der Waals surface area contributed by atoms with Crippen LogP contribution in [0, 0.1) is 11.3 Å². The van der Waals surface area contributed by atoms with Crippen molar-refractivity contribution in [3.63, 3.8) is 0 Å². The van der Waals surface area contributed by atoms with E-state index >= 15 is 4.79 Å². The predicted molar refractivity (Wildman–Crippen MR) is 260 cm³/mol. The van der Waals surface area contributed by atoms with E-state index in [1.807, 2.05) is 25.2 Å². The smallest absolute Gasteiger partial charge is 0.335 e. The number of H-pyrrole nitrogens is 1. The number of benzene rings is 2. The molecule has 2 bridgehead atoms. The summed E-state index contributed by atoms with van der Waals surface area (Å²) >= 11 is 0. The van der Waals surface area contributed by atoms with Gasteiger partial charge in [-0.1, -0.05) is 55.8 Å². The topological polar surface area (TPSA) is 265 Å². The Labute approximate surface area is 416 Å². The van der Waals surface area contributed by atoms with Crippen LogP contribution in [0.2, 0.25) is 0 Å². The number of para-hydroxylation sites is 1. The third kappa shape index (κ3) is 7.61. The maximum absolute atomic E-state index is 15.3. The van der Waals surface area contributed by atoms with Crippen molar-refractivity contribution in [2.24, 2.45) is 11.3 Å². The summed E-state index contributed by atoms with van der Waals surface area (Å²) in [6.07, 6.45) is 5.08. The molecule has 384 valence electrons. The van der Waals surface area contributed by atoms with Gasteiger partial charge in [-0.15, -0.1) is 0 Å². The molecule has 1 aliphatic carbocycles. The number of fused-ring (bicyclic) bond motifs is 6. The zero-order valence-corrected chi connectivity index (χ0v) is 41.2. The summed E-state index contributed by atoms with van der Waals surface area (Å²) in [5, 5.41) is 50.4. The Morgan fingerprint density at radius 1 is 0.972 bits per heavy atom. The van der Waals surface area contributed by atoms with Gasteiger partial charge in [0.05, 0.1) is 33.1 Å². The van der Waals surface area contributed by atoms with Crippen molar-refractivity contribution in [3.05, 3.63) is 107 Å². The number of aromatic amines is 1. The summed E-state index contributed by atoms with van der Waals surface area (Å²) < 4.78 is 24.2. The van der Waals surface area contributed by atoms with E-state index in [0.717, 1.165) is 59.5 Å². The first-order valence-electron chi connectivity index (χ1n) is 24.4. The molecule has 0 radical (unpaired) electrons. The summed E-state index contributed by atoms with van der Waals surface area (Å²) in [6.45, 7) is 9.17. The molecule has 10 rings (SSSR count). The SMILES string of the molecule is CCC1=C[C@@H]2CN(C1)Cc1c([nH]c3ccccc13)[C@@](C(=O)OC)(c1cc3c(cc1OC)N(C)[C@H]1[C@@](O)(CNC(=O)c4ccco4)[C@H](OC(C)=O)[C@]4(CC)C=CCN5CC[C@]31[C@@H]54)C2.O=C(O)C(O)C(O)C(=O)O. The summed E-state index contributed by atoms with van der Waals surface area (Å²) in [5.74, 6) is -4.24. The molecule has 1 amide bonds. The first-order chi connectivity index (χ1) is 34.4. The van der Waals surface area contributed by atoms with Gasteiger partial charge in [0.25, 0.3) is 5.91 Å². The monoisotopic (exact) mass is 993 g/mol. The molecule has 4 aromatic rings. The molecule has 3 unspecified atom stereocenters. The van der Waals surface area contributed by atoms with E-state index in [4.69, 9.17) is 39.1 Å². The van der Waals surface area contributed by atoms with Gasteiger partial charge in [-0.25, -0.2) is 9.59 Å². The van der Waals surface area contributed by atoms with E-state index < -0.39 is 70.0 Å². The second kappa shape index (κ2) is 18.8. The number of aliphatic hydroxyl groups is 3. The molecule has 11 atom stereocenters. The van der Waals surface area contributed by atoms with Gasteiger partial charge in [0, 0.05) is 90.9 Å². The Balaban J connectivity index is 0.000000580. The van der Waals surface area contributed by atoms with Crippen LogP contribution in [0.1, 0.15) is 79.4 Å². The molecule has 1 saturated carbocycles. The van der Waals surface area contributed by atoms with Crippen LogP contribution in [-0.2, 0) is 46.0 Å². The Morgan fingerprint density at radius 2 is 1.71 bits per heavy atom. The first kappa shape index (κ1) is 50.4. The number of hydrogen-bond donors (Lipinski definition) is 7. The van der Waals surface area contributed by atoms with Crippen LogP contribution in [0.4, 0.5) is 5.69 Å². The van der Waals surface area contributed by atoms with Crippen molar-refractivity contribution >= 4 is 46.4 Å². The van der Waals surface area contributed by atoms with Gasteiger partial charge in [-0.05, 0) is 73.5 Å². The molecule has 7 N–H and O–H groups in total. The lowest BCUT2D eigenvalue weighted by Crippen LogP contribution is -2.81. The molecule has 7 heterocycles. The molecule has 2 aromatic carbocycles. The number of carbonyl (C=O) groups is 5. The lowest BCUT2D eigenvalue weighted by molar-refractivity contribution is -0.216. The standard InChI is InChI=1S/C49H57N5O8.C4H6O6/c1-7-30-21-31-24-48(45(57)60-6,40-33(27-53(25-30)26-31)32-13-9-10-14-36(32)51-40)35-22-34-37(23-39(35)59-5)52(4)43-47(34)17-19-54-18-12-16-46(8-2,42(47)54)44(62-29(3)55)49(43,58)28-50-41(56)38-15-11-20-61-38;5-1(3(7)8)2(6)4(9)10/h9-16,20-23,31,42-44,51,58H,7-8,17-19,24-28H2,1-6H3,(H,50,56);1-2,5-6H,(H,7,8)(H,9,10)/t31-,42-,43+,44+,46+,47+,48-,49-;/m0./s1. The number of furan rings is 1. The Hall–Kier alpha value is -6.51. The number of ether oxygens (including phenoxy) is 3. The van der Waals surface area contributed by atoms with Crippen LogP contribution >= 0.6 is 0 Å². The van der Waals surface area contributed by atoms with Gasteiger partial charge in [-0.3, -0.25) is 24.2 Å². The molecule has 1 spiro atoms. The average molecular weight is 994 g/mol. The normalized spacial score (nSPS) is 30.7. The fourth-order valence-corrected chi connectivity index (χ4v) is 13.8. The van der Waals surface area contributed by atoms with Crippen molar-refractivity contribution in [1.82, 2.24) is 20.1 Å². The van der Waals surface area contributed by atoms with Crippen molar-refractivity contribution < 1.29 is 68.1 Å².